The van der Waals surface area contributed by atoms with Crippen LogP contribution in [0.5, 0.6) is 0 Å². The van der Waals surface area contributed by atoms with Crippen molar-refractivity contribution in [2.24, 2.45) is 0 Å². The number of allylic oxidation sites excluding steroid dienone is 24. The summed E-state index contributed by atoms with van der Waals surface area (Å²) in [4.78, 5) is 37.9. The molecule has 0 bridgehead atoms. The van der Waals surface area contributed by atoms with Gasteiger partial charge < -0.3 is 14.2 Å². The first kappa shape index (κ1) is 68.3. The highest BCUT2D eigenvalue weighted by Gasteiger charge is 2.19. The molecule has 0 fully saturated rings. The fourth-order valence-corrected chi connectivity index (χ4v) is 7.53. The van der Waals surface area contributed by atoms with Gasteiger partial charge >= 0.3 is 17.9 Å². The van der Waals surface area contributed by atoms with Crippen molar-refractivity contribution >= 4 is 17.9 Å². The average molecular weight is 1010 g/mol. The third-order valence-corrected chi connectivity index (χ3v) is 11.9. The summed E-state index contributed by atoms with van der Waals surface area (Å²) in [7, 11) is 0. The van der Waals surface area contributed by atoms with Crippen LogP contribution in [-0.4, -0.2) is 37.2 Å². The van der Waals surface area contributed by atoms with E-state index in [-0.39, 0.29) is 31.6 Å². The summed E-state index contributed by atoms with van der Waals surface area (Å²) in [5.74, 6) is -1.02. The van der Waals surface area contributed by atoms with Crippen molar-refractivity contribution in [1.29, 1.82) is 0 Å². The predicted octanol–water partition coefficient (Wildman–Crippen LogP) is 20.0. The molecule has 0 aliphatic rings. The van der Waals surface area contributed by atoms with Gasteiger partial charge in [-0.2, -0.15) is 0 Å². The molecule has 0 spiro atoms. The molecule has 410 valence electrons. The molecule has 6 nitrogen and oxygen atoms in total. The Morgan fingerprint density at radius 2 is 0.562 bits per heavy atom. The van der Waals surface area contributed by atoms with E-state index >= 15 is 0 Å². The fourth-order valence-electron chi connectivity index (χ4n) is 7.53. The molecule has 0 amide bonds. The van der Waals surface area contributed by atoms with Crippen molar-refractivity contribution in [2.45, 2.75) is 245 Å². The second kappa shape index (κ2) is 59.8. The van der Waals surface area contributed by atoms with Crippen LogP contribution in [0.25, 0.3) is 0 Å². The monoisotopic (exact) mass is 1010 g/mol. The standard InChI is InChI=1S/C67H106O6/c1-4-7-10-13-16-18-20-22-24-26-28-29-30-31-32-33-34-35-36-37-39-40-42-44-46-48-51-54-57-60-66(69)72-63-64(62-71-65(68)59-56-53-50-15-12-9-6-3)73-67(70)61-58-55-52-49-47-45-43-41-38-27-25-23-21-19-17-14-11-8-5-2/h7-8,10-11,16-19,22-25,28-29,31-32,34-35,38,41,45,47,52,55,64H,4-6,9,12-15,20-21,26-27,30,33,36-37,39-40,42-44,46,48-51,53-54,56-63H2,1-3H3/b10-7-,11-8-,18-16-,19-17-,24-22-,25-23-,29-28-,32-31-,35-34-,41-38-,47-45-,55-52-. The van der Waals surface area contributed by atoms with Crippen LogP contribution >= 0.6 is 0 Å². The van der Waals surface area contributed by atoms with E-state index in [1.54, 1.807) is 0 Å². The predicted molar refractivity (Wildman–Crippen MR) is 315 cm³/mol. The third kappa shape index (κ3) is 58.1. The molecule has 0 radical (unpaired) electrons. The Bertz CT molecular complexity index is 1630. The van der Waals surface area contributed by atoms with Gasteiger partial charge in [0.2, 0.25) is 0 Å². The molecule has 0 rings (SSSR count). The first-order chi connectivity index (χ1) is 36.0. The number of unbranched alkanes of at least 4 members (excludes halogenated alkanes) is 16. The highest BCUT2D eigenvalue weighted by atomic mass is 16.6. The SMILES string of the molecule is CC/C=C\C/C=C\C/C=C\C/C=C\C/C=C\C/C=C\CCCCCCCCCCCCC(=O)OCC(COC(=O)CCCCCCCCC)OC(=O)CC/C=C\C/C=C\C/C=C\C/C=C\C/C=C\C/C=C\CC. The van der Waals surface area contributed by atoms with E-state index in [1.165, 1.54) is 70.6 Å². The van der Waals surface area contributed by atoms with E-state index in [4.69, 9.17) is 14.2 Å². The van der Waals surface area contributed by atoms with Crippen LogP contribution in [0.4, 0.5) is 0 Å². The maximum absolute atomic E-state index is 12.8. The summed E-state index contributed by atoms with van der Waals surface area (Å²) in [5.41, 5.74) is 0. The molecule has 6 heteroatoms. The van der Waals surface area contributed by atoms with Crippen LogP contribution in [0.2, 0.25) is 0 Å². The lowest BCUT2D eigenvalue weighted by molar-refractivity contribution is -0.166. The minimum absolute atomic E-state index is 0.113. The molecular weight excluding hydrogens is 901 g/mol. The van der Waals surface area contributed by atoms with Gasteiger partial charge in [-0.3, -0.25) is 14.4 Å². The minimum atomic E-state index is -0.823. The smallest absolute Gasteiger partial charge is 0.306 e. The molecule has 0 aromatic rings. The van der Waals surface area contributed by atoms with Gasteiger partial charge in [0.1, 0.15) is 13.2 Å². The van der Waals surface area contributed by atoms with Gasteiger partial charge in [0, 0.05) is 19.3 Å². The Morgan fingerprint density at radius 3 is 0.890 bits per heavy atom. The molecule has 0 aromatic heterocycles. The maximum atomic E-state index is 12.8. The number of hydrogen-bond donors (Lipinski definition) is 0. The molecule has 0 N–H and O–H groups in total. The van der Waals surface area contributed by atoms with Gasteiger partial charge in [-0.15, -0.1) is 0 Å². The van der Waals surface area contributed by atoms with Crippen LogP contribution in [0.1, 0.15) is 239 Å². The summed E-state index contributed by atoms with van der Waals surface area (Å²) < 4.78 is 16.7. The Labute approximate surface area is 448 Å². The molecule has 0 heterocycles. The van der Waals surface area contributed by atoms with Gasteiger partial charge in [0.15, 0.2) is 6.10 Å². The molecule has 1 unspecified atom stereocenters. The highest BCUT2D eigenvalue weighted by molar-refractivity contribution is 5.71. The van der Waals surface area contributed by atoms with Gasteiger partial charge in [-0.25, -0.2) is 0 Å². The Kier molecular flexibility index (Phi) is 56.0. The second-order valence-corrected chi connectivity index (χ2v) is 18.8. The van der Waals surface area contributed by atoms with Crippen LogP contribution in [0.3, 0.4) is 0 Å². The van der Waals surface area contributed by atoms with E-state index in [2.05, 4.69) is 154 Å². The Morgan fingerprint density at radius 1 is 0.288 bits per heavy atom. The van der Waals surface area contributed by atoms with E-state index in [0.717, 1.165) is 122 Å². The number of carbonyl (C=O) groups excluding carboxylic acids is 3. The minimum Gasteiger partial charge on any atom is -0.462 e. The first-order valence-electron chi connectivity index (χ1n) is 29.3. The van der Waals surface area contributed by atoms with E-state index in [1.807, 2.05) is 12.2 Å². The first-order valence-corrected chi connectivity index (χ1v) is 29.3. The van der Waals surface area contributed by atoms with E-state index in [9.17, 15) is 14.4 Å². The zero-order chi connectivity index (χ0) is 52.9. The lowest BCUT2D eigenvalue weighted by Crippen LogP contribution is -2.30. The molecule has 1 atom stereocenters. The molecule has 0 aliphatic carbocycles. The number of esters is 3. The van der Waals surface area contributed by atoms with Gasteiger partial charge in [-0.05, 0) is 109 Å². The van der Waals surface area contributed by atoms with Crippen LogP contribution in [0, 0.1) is 0 Å². The van der Waals surface area contributed by atoms with Gasteiger partial charge in [0.25, 0.3) is 0 Å². The quantitative estimate of drug-likeness (QED) is 0.0261. The van der Waals surface area contributed by atoms with E-state index in [0.29, 0.717) is 19.3 Å². The summed E-state index contributed by atoms with van der Waals surface area (Å²) in [6, 6.07) is 0. The Balaban J connectivity index is 4.27. The topological polar surface area (TPSA) is 78.9 Å². The van der Waals surface area contributed by atoms with Crippen molar-refractivity contribution in [2.75, 3.05) is 13.2 Å². The molecule has 0 aromatic carbocycles. The van der Waals surface area contributed by atoms with Crippen LogP contribution < -0.4 is 0 Å². The van der Waals surface area contributed by atoms with E-state index < -0.39 is 12.1 Å². The number of hydrogen-bond acceptors (Lipinski definition) is 6. The number of ether oxygens (including phenoxy) is 3. The normalized spacial score (nSPS) is 13.2. The van der Waals surface area contributed by atoms with Crippen molar-refractivity contribution < 1.29 is 28.6 Å². The highest BCUT2D eigenvalue weighted by Crippen LogP contribution is 2.14. The third-order valence-electron chi connectivity index (χ3n) is 11.9. The average Bonchev–Trinajstić information content (AvgIpc) is 3.39. The molecule has 0 saturated heterocycles. The zero-order valence-electron chi connectivity index (χ0n) is 46.8. The maximum Gasteiger partial charge on any atom is 0.306 e. The fraction of sp³-hybridized carbons (Fsp3) is 0.597. The number of rotatable bonds is 51. The van der Waals surface area contributed by atoms with Crippen molar-refractivity contribution in [3.05, 3.63) is 146 Å². The van der Waals surface area contributed by atoms with Crippen molar-refractivity contribution in [3.8, 4) is 0 Å². The summed E-state index contributed by atoms with van der Waals surface area (Å²) in [5, 5.41) is 0. The molecule has 73 heavy (non-hydrogen) atoms. The number of carbonyl (C=O) groups is 3. The largest absolute Gasteiger partial charge is 0.462 e. The Hall–Kier alpha value is -4.71. The molecule has 0 aliphatic heterocycles. The molecular formula is C67H106O6. The van der Waals surface area contributed by atoms with Gasteiger partial charge in [-0.1, -0.05) is 256 Å². The lowest BCUT2D eigenvalue weighted by Gasteiger charge is -2.18. The molecule has 0 saturated carbocycles. The second-order valence-electron chi connectivity index (χ2n) is 18.8. The van der Waals surface area contributed by atoms with Crippen LogP contribution in [0.15, 0.2) is 146 Å². The van der Waals surface area contributed by atoms with Crippen molar-refractivity contribution in [1.82, 2.24) is 0 Å². The van der Waals surface area contributed by atoms with Crippen molar-refractivity contribution in [3.63, 3.8) is 0 Å². The summed E-state index contributed by atoms with van der Waals surface area (Å²) >= 11 is 0. The summed E-state index contributed by atoms with van der Waals surface area (Å²) in [6.45, 7) is 6.29. The zero-order valence-corrected chi connectivity index (χ0v) is 46.8. The lowest BCUT2D eigenvalue weighted by atomic mass is 10.1. The van der Waals surface area contributed by atoms with Crippen LogP contribution in [-0.2, 0) is 28.6 Å². The summed E-state index contributed by atoms with van der Waals surface area (Å²) in [6.07, 6.45) is 85.9. The van der Waals surface area contributed by atoms with Gasteiger partial charge in [0.05, 0.1) is 0 Å².